The van der Waals surface area contributed by atoms with Crippen LogP contribution in [0, 0.1) is 6.92 Å². The second-order valence-electron chi connectivity index (χ2n) is 5.74. The number of hydrogen-bond donors (Lipinski definition) is 2. The van der Waals surface area contributed by atoms with Crippen LogP contribution in [0.2, 0.25) is 0 Å². The Bertz CT molecular complexity index is 820. The summed E-state index contributed by atoms with van der Waals surface area (Å²) in [6, 6.07) is 8.22. The van der Waals surface area contributed by atoms with E-state index in [-0.39, 0.29) is 28.6 Å². The molecule has 0 bridgehead atoms. The van der Waals surface area contributed by atoms with Gasteiger partial charge in [-0.25, -0.2) is 0 Å². The van der Waals surface area contributed by atoms with Gasteiger partial charge in [0.2, 0.25) is 11.1 Å². The highest BCUT2D eigenvalue weighted by Crippen LogP contribution is 2.29. The molecule has 1 aliphatic rings. The third-order valence-electron chi connectivity index (χ3n) is 4.06. The maximum absolute atomic E-state index is 12.2. The number of nitrogens with zero attached hydrogens (tertiary/aromatic N) is 3. The van der Waals surface area contributed by atoms with Crippen molar-refractivity contribution in [1.82, 2.24) is 20.2 Å². The van der Waals surface area contributed by atoms with Crippen LogP contribution < -0.4 is 16.7 Å². The van der Waals surface area contributed by atoms with Crippen LogP contribution in [0.4, 0.5) is 0 Å². The van der Waals surface area contributed by atoms with E-state index in [2.05, 4.69) is 27.6 Å². The quantitative estimate of drug-likeness (QED) is 0.632. The summed E-state index contributed by atoms with van der Waals surface area (Å²) in [5.41, 5.74) is 2.30. The molecule has 0 aliphatic heterocycles. The molecule has 2 aromatic rings. The van der Waals surface area contributed by atoms with Crippen LogP contribution in [0.5, 0.6) is 0 Å². The highest BCUT2D eigenvalue weighted by Gasteiger charge is 2.21. The highest BCUT2D eigenvalue weighted by molar-refractivity contribution is 7.99. The summed E-state index contributed by atoms with van der Waals surface area (Å²) < 4.78 is 0.927. The van der Waals surface area contributed by atoms with Crippen molar-refractivity contribution in [3.63, 3.8) is 0 Å². The monoisotopic (exact) mass is 345 g/mol. The lowest BCUT2D eigenvalue weighted by atomic mass is 9.88. The molecule has 1 atom stereocenters. The molecule has 1 aliphatic carbocycles. The smallest absolute Gasteiger partial charge is 0.294 e. The first-order valence-corrected chi connectivity index (χ1v) is 8.76. The molecule has 3 N–H and O–H groups in total. The number of aryl methyl sites for hydroxylation is 2. The maximum Gasteiger partial charge on any atom is 0.294 e. The molecule has 7 nitrogen and oxygen atoms in total. The minimum atomic E-state index is -0.408. The van der Waals surface area contributed by atoms with Crippen LogP contribution in [0.25, 0.3) is 0 Å². The van der Waals surface area contributed by atoms with Crippen molar-refractivity contribution < 1.29 is 4.79 Å². The van der Waals surface area contributed by atoms with E-state index in [1.807, 2.05) is 12.1 Å². The lowest BCUT2D eigenvalue weighted by Crippen LogP contribution is -2.34. The van der Waals surface area contributed by atoms with Gasteiger partial charge in [0.15, 0.2) is 0 Å². The number of nitrogens with one attached hydrogen (secondary N) is 1. The van der Waals surface area contributed by atoms with Crippen LogP contribution in [0.1, 0.15) is 35.7 Å². The van der Waals surface area contributed by atoms with Crippen LogP contribution in [-0.4, -0.2) is 26.5 Å². The number of fused-ring (bicyclic) bond motifs is 1. The number of hydrogen-bond acceptors (Lipinski definition) is 6. The minimum Gasteiger partial charge on any atom is -0.349 e. The molecule has 24 heavy (non-hydrogen) atoms. The Labute approximate surface area is 143 Å². The first kappa shape index (κ1) is 16.5. The third-order valence-corrected chi connectivity index (χ3v) is 5.00. The molecule has 1 aromatic carbocycles. The number of nitrogen functional groups attached to an aromatic ring is 1. The SMILES string of the molecule is Cc1nnc(SCC(=O)N[C@H]2CCCc3ccccc32)n(N)c1=O. The molecule has 126 valence electrons. The molecule has 0 saturated carbocycles. The number of rotatable bonds is 4. The van der Waals surface area contributed by atoms with Crippen molar-refractivity contribution in [3.05, 3.63) is 51.4 Å². The average molecular weight is 345 g/mol. The average Bonchev–Trinajstić information content (AvgIpc) is 2.59. The zero-order valence-corrected chi connectivity index (χ0v) is 14.2. The van der Waals surface area contributed by atoms with E-state index in [1.54, 1.807) is 6.92 Å². The van der Waals surface area contributed by atoms with Crippen LogP contribution in [0.15, 0.2) is 34.2 Å². The maximum atomic E-state index is 12.2. The van der Waals surface area contributed by atoms with Crippen molar-refractivity contribution in [1.29, 1.82) is 0 Å². The standard InChI is InChI=1S/C16H19N5O2S/c1-10-15(23)21(17)16(20-19-10)24-9-14(22)18-13-8-4-6-11-5-2-3-7-12(11)13/h2-3,5,7,13H,4,6,8-9,17H2,1H3,(H,18,22)/t13-/m0/s1. The zero-order chi connectivity index (χ0) is 17.1. The summed E-state index contributed by atoms with van der Waals surface area (Å²) in [6.07, 6.45) is 3.04. The summed E-state index contributed by atoms with van der Waals surface area (Å²) in [5.74, 6) is 5.68. The summed E-state index contributed by atoms with van der Waals surface area (Å²) in [6.45, 7) is 1.54. The van der Waals surface area contributed by atoms with E-state index in [4.69, 9.17) is 5.84 Å². The fraction of sp³-hybridized carbons (Fsp3) is 0.375. The van der Waals surface area contributed by atoms with Crippen molar-refractivity contribution in [2.24, 2.45) is 0 Å². The van der Waals surface area contributed by atoms with E-state index >= 15 is 0 Å². The second-order valence-corrected chi connectivity index (χ2v) is 6.69. The largest absolute Gasteiger partial charge is 0.349 e. The van der Waals surface area contributed by atoms with Crippen molar-refractivity contribution >= 4 is 17.7 Å². The van der Waals surface area contributed by atoms with E-state index < -0.39 is 5.56 Å². The second kappa shape index (κ2) is 7.04. The van der Waals surface area contributed by atoms with Gasteiger partial charge in [0, 0.05) is 0 Å². The molecular formula is C16H19N5O2S. The lowest BCUT2D eigenvalue weighted by molar-refractivity contribution is -0.119. The number of amides is 1. The summed E-state index contributed by atoms with van der Waals surface area (Å²) >= 11 is 1.10. The normalized spacial score (nSPS) is 16.5. The molecule has 0 radical (unpaired) electrons. The van der Waals surface area contributed by atoms with Gasteiger partial charge in [-0.3, -0.25) is 9.59 Å². The Morgan fingerprint density at radius 2 is 2.21 bits per heavy atom. The molecule has 0 spiro atoms. The first-order chi connectivity index (χ1) is 11.6. The lowest BCUT2D eigenvalue weighted by Gasteiger charge is -2.26. The summed E-state index contributed by atoms with van der Waals surface area (Å²) in [4.78, 5) is 24.0. The predicted octanol–water partition coefficient (Wildman–Crippen LogP) is 0.946. The van der Waals surface area contributed by atoms with Crippen molar-refractivity contribution in [3.8, 4) is 0 Å². The molecule has 0 saturated heterocycles. The highest BCUT2D eigenvalue weighted by atomic mass is 32.2. The van der Waals surface area contributed by atoms with E-state index in [1.165, 1.54) is 11.1 Å². The predicted molar refractivity (Wildman–Crippen MR) is 92.2 cm³/mol. The van der Waals surface area contributed by atoms with E-state index in [0.717, 1.165) is 35.7 Å². The summed E-state index contributed by atoms with van der Waals surface area (Å²) in [5, 5.41) is 10.9. The molecule has 1 heterocycles. The van der Waals surface area contributed by atoms with Crippen LogP contribution in [-0.2, 0) is 11.2 Å². The molecule has 3 rings (SSSR count). The van der Waals surface area contributed by atoms with Gasteiger partial charge in [0.1, 0.15) is 5.69 Å². The number of carbonyl (C=O) groups is 1. The van der Waals surface area contributed by atoms with Gasteiger partial charge in [-0.05, 0) is 37.3 Å². The Morgan fingerprint density at radius 1 is 1.42 bits per heavy atom. The van der Waals surface area contributed by atoms with Gasteiger partial charge in [0.25, 0.3) is 5.56 Å². The van der Waals surface area contributed by atoms with Crippen molar-refractivity contribution in [2.45, 2.75) is 37.4 Å². The van der Waals surface area contributed by atoms with Gasteiger partial charge >= 0.3 is 0 Å². The molecule has 8 heteroatoms. The van der Waals surface area contributed by atoms with Gasteiger partial charge in [-0.2, -0.15) is 4.68 Å². The zero-order valence-electron chi connectivity index (χ0n) is 13.4. The fourth-order valence-electron chi connectivity index (χ4n) is 2.84. The number of aromatic nitrogens is 3. The topological polar surface area (TPSA) is 103 Å². The molecular weight excluding hydrogens is 326 g/mol. The van der Waals surface area contributed by atoms with E-state index in [0.29, 0.717) is 0 Å². The number of thioether (sulfide) groups is 1. The number of carbonyl (C=O) groups excluding carboxylic acids is 1. The minimum absolute atomic E-state index is 0.0345. The van der Waals surface area contributed by atoms with Gasteiger partial charge in [-0.1, -0.05) is 36.0 Å². The third kappa shape index (κ3) is 3.43. The first-order valence-electron chi connectivity index (χ1n) is 7.77. The Balaban J connectivity index is 1.63. The molecule has 1 aromatic heterocycles. The fourth-order valence-corrected chi connectivity index (χ4v) is 3.50. The number of nitrogens with two attached hydrogens (primary N) is 1. The molecule has 0 unspecified atom stereocenters. The molecule has 0 fully saturated rings. The molecule has 1 amide bonds. The van der Waals surface area contributed by atoms with Crippen LogP contribution >= 0.6 is 11.8 Å². The van der Waals surface area contributed by atoms with E-state index in [9.17, 15) is 9.59 Å². The van der Waals surface area contributed by atoms with Crippen molar-refractivity contribution in [2.75, 3.05) is 11.6 Å². The van der Waals surface area contributed by atoms with Crippen LogP contribution in [0.3, 0.4) is 0 Å². The Morgan fingerprint density at radius 3 is 3.04 bits per heavy atom. The summed E-state index contributed by atoms with van der Waals surface area (Å²) in [7, 11) is 0. The Hall–Kier alpha value is -2.35. The van der Waals surface area contributed by atoms with Gasteiger partial charge < -0.3 is 11.2 Å². The Kier molecular flexibility index (Phi) is 4.84. The van der Waals surface area contributed by atoms with Gasteiger partial charge in [-0.15, -0.1) is 10.2 Å². The van der Waals surface area contributed by atoms with Gasteiger partial charge in [0.05, 0.1) is 11.8 Å². The number of benzene rings is 1.